The van der Waals surface area contributed by atoms with Crippen LogP contribution in [0.2, 0.25) is 10.0 Å². The molecule has 1 aliphatic heterocycles. The lowest BCUT2D eigenvalue weighted by Gasteiger charge is -2.31. The molecule has 0 aliphatic carbocycles. The molecule has 1 atom stereocenters. The molecule has 33 heavy (non-hydrogen) atoms. The topological polar surface area (TPSA) is 75.7 Å². The second-order valence-corrected chi connectivity index (χ2v) is 11.3. The van der Waals surface area contributed by atoms with Gasteiger partial charge in [-0.05, 0) is 42.5 Å². The SMILES string of the molecule is CC(C)c1ccccc1OCCNC(=O)C1CCCN(S(=O)(=O)Cc2c(Cl)cccc2Cl)C1. The van der Waals surface area contributed by atoms with Crippen molar-refractivity contribution >= 4 is 39.1 Å². The number of carbonyl (C=O) groups excluding carboxylic acids is 1. The van der Waals surface area contributed by atoms with Crippen LogP contribution in [0, 0.1) is 5.92 Å². The lowest BCUT2D eigenvalue weighted by atomic mass is 9.99. The molecule has 6 nitrogen and oxygen atoms in total. The first-order valence-corrected chi connectivity index (χ1v) is 13.5. The Balaban J connectivity index is 1.53. The smallest absolute Gasteiger partial charge is 0.224 e. The maximum atomic E-state index is 13.0. The second kappa shape index (κ2) is 11.6. The van der Waals surface area contributed by atoms with E-state index in [9.17, 15) is 13.2 Å². The van der Waals surface area contributed by atoms with Crippen LogP contribution in [0.1, 0.15) is 43.7 Å². The first-order chi connectivity index (χ1) is 15.7. The Hall–Kier alpha value is -1.80. The van der Waals surface area contributed by atoms with Crippen LogP contribution < -0.4 is 10.1 Å². The number of para-hydroxylation sites is 1. The van der Waals surface area contributed by atoms with Gasteiger partial charge >= 0.3 is 0 Å². The third-order valence-corrected chi connectivity index (χ3v) is 8.22. The number of amides is 1. The third-order valence-electron chi connectivity index (χ3n) is 5.74. The zero-order chi connectivity index (χ0) is 24.0. The summed E-state index contributed by atoms with van der Waals surface area (Å²) in [5, 5.41) is 3.52. The van der Waals surface area contributed by atoms with Crippen molar-refractivity contribution in [3.05, 3.63) is 63.6 Å². The van der Waals surface area contributed by atoms with E-state index in [1.807, 2.05) is 24.3 Å². The molecule has 1 N–H and O–H groups in total. The minimum absolute atomic E-state index is 0.146. The van der Waals surface area contributed by atoms with Gasteiger partial charge in [0.15, 0.2) is 0 Å². The first kappa shape index (κ1) is 25.8. The normalized spacial score (nSPS) is 17.2. The summed E-state index contributed by atoms with van der Waals surface area (Å²) in [6.45, 7) is 5.43. The van der Waals surface area contributed by atoms with Crippen LogP contribution in [0.15, 0.2) is 42.5 Å². The highest BCUT2D eigenvalue weighted by molar-refractivity contribution is 7.88. The number of piperidine rings is 1. The number of ether oxygens (including phenoxy) is 1. The Morgan fingerprint density at radius 2 is 1.85 bits per heavy atom. The summed E-state index contributed by atoms with van der Waals surface area (Å²) in [5.74, 6) is 0.300. The molecule has 2 aromatic rings. The molecule has 1 aliphatic rings. The van der Waals surface area contributed by atoms with E-state index in [1.165, 1.54) is 4.31 Å². The molecule has 0 aromatic heterocycles. The van der Waals surface area contributed by atoms with Gasteiger partial charge in [-0.15, -0.1) is 0 Å². The van der Waals surface area contributed by atoms with Crippen LogP contribution in [-0.2, 0) is 20.6 Å². The van der Waals surface area contributed by atoms with Gasteiger partial charge in [-0.1, -0.05) is 61.3 Å². The monoisotopic (exact) mass is 512 g/mol. The summed E-state index contributed by atoms with van der Waals surface area (Å²) in [7, 11) is -3.66. The Kier molecular flexibility index (Phi) is 9.04. The Labute approximate surface area is 206 Å². The Morgan fingerprint density at radius 1 is 1.15 bits per heavy atom. The quantitative estimate of drug-likeness (QED) is 0.487. The lowest BCUT2D eigenvalue weighted by Crippen LogP contribution is -2.46. The fourth-order valence-electron chi connectivity index (χ4n) is 3.92. The Bertz CT molecular complexity index is 1060. The highest BCUT2D eigenvalue weighted by Crippen LogP contribution is 2.29. The van der Waals surface area contributed by atoms with Crippen LogP contribution in [-0.4, -0.2) is 44.9 Å². The summed E-state index contributed by atoms with van der Waals surface area (Å²) in [6, 6.07) is 12.8. The molecule has 9 heteroatoms. The van der Waals surface area contributed by atoms with Gasteiger partial charge in [-0.25, -0.2) is 12.7 Å². The van der Waals surface area contributed by atoms with Crippen molar-refractivity contribution in [2.75, 3.05) is 26.2 Å². The van der Waals surface area contributed by atoms with Crippen molar-refractivity contribution in [2.45, 2.75) is 38.4 Å². The van der Waals surface area contributed by atoms with Gasteiger partial charge in [0, 0.05) is 28.7 Å². The van der Waals surface area contributed by atoms with E-state index < -0.39 is 15.9 Å². The molecular formula is C24H30Cl2N2O4S. The minimum Gasteiger partial charge on any atom is -0.491 e. The van der Waals surface area contributed by atoms with E-state index in [-0.39, 0.29) is 18.2 Å². The van der Waals surface area contributed by atoms with Gasteiger partial charge in [0.1, 0.15) is 12.4 Å². The van der Waals surface area contributed by atoms with Crippen LogP contribution in [0.4, 0.5) is 0 Å². The number of halogens is 2. The van der Waals surface area contributed by atoms with E-state index in [1.54, 1.807) is 18.2 Å². The second-order valence-electron chi connectivity index (χ2n) is 8.49. The molecule has 0 saturated carbocycles. The molecule has 0 radical (unpaired) electrons. The maximum absolute atomic E-state index is 13.0. The highest BCUT2D eigenvalue weighted by atomic mass is 35.5. The van der Waals surface area contributed by atoms with Gasteiger partial charge in [0.05, 0.1) is 18.2 Å². The molecular weight excluding hydrogens is 483 g/mol. The molecule has 1 unspecified atom stereocenters. The van der Waals surface area contributed by atoms with Gasteiger partial charge in [0.25, 0.3) is 0 Å². The van der Waals surface area contributed by atoms with Crippen LogP contribution >= 0.6 is 23.2 Å². The summed E-state index contributed by atoms with van der Waals surface area (Å²) in [6.07, 6.45) is 1.26. The first-order valence-electron chi connectivity index (χ1n) is 11.1. The van der Waals surface area contributed by atoms with Gasteiger partial charge in [-0.3, -0.25) is 4.79 Å². The van der Waals surface area contributed by atoms with Crippen molar-refractivity contribution in [1.29, 1.82) is 0 Å². The molecule has 3 rings (SSSR count). The van der Waals surface area contributed by atoms with Gasteiger partial charge in [0.2, 0.25) is 15.9 Å². The van der Waals surface area contributed by atoms with Crippen molar-refractivity contribution in [3.63, 3.8) is 0 Å². The molecule has 0 bridgehead atoms. The number of nitrogens with one attached hydrogen (secondary N) is 1. The van der Waals surface area contributed by atoms with E-state index >= 15 is 0 Å². The number of carbonyl (C=O) groups is 1. The summed E-state index contributed by atoms with van der Waals surface area (Å²) in [5.41, 5.74) is 1.50. The van der Waals surface area contributed by atoms with Crippen LogP contribution in [0.25, 0.3) is 0 Å². The number of nitrogens with zero attached hydrogens (tertiary/aromatic N) is 1. The number of benzene rings is 2. The van der Waals surface area contributed by atoms with Crippen molar-refractivity contribution < 1.29 is 17.9 Å². The summed E-state index contributed by atoms with van der Waals surface area (Å²) in [4.78, 5) is 12.7. The summed E-state index contributed by atoms with van der Waals surface area (Å²) < 4.78 is 33.2. The number of hydrogen-bond acceptors (Lipinski definition) is 4. The maximum Gasteiger partial charge on any atom is 0.224 e. The molecule has 1 heterocycles. The fraction of sp³-hybridized carbons (Fsp3) is 0.458. The zero-order valence-electron chi connectivity index (χ0n) is 18.9. The van der Waals surface area contributed by atoms with Crippen LogP contribution in [0.5, 0.6) is 5.75 Å². The van der Waals surface area contributed by atoms with Crippen molar-refractivity contribution in [3.8, 4) is 5.75 Å². The number of sulfonamides is 1. The van der Waals surface area contributed by atoms with E-state index in [4.69, 9.17) is 27.9 Å². The minimum atomic E-state index is -3.66. The van der Waals surface area contributed by atoms with E-state index in [0.717, 1.165) is 11.3 Å². The van der Waals surface area contributed by atoms with E-state index in [0.29, 0.717) is 54.1 Å². The predicted octanol–water partition coefficient (Wildman–Crippen LogP) is 4.85. The highest BCUT2D eigenvalue weighted by Gasteiger charge is 2.33. The largest absolute Gasteiger partial charge is 0.491 e. The van der Waals surface area contributed by atoms with Crippen molar-refractivity contribution in [2.24, 2.45) is 5.92 Å². The van der Waals surface area contributed by atoms with Gasteiger partial charge in [-0.2, -0.15) is 0 Å². The van der Waals surface area contributed by atoms with Crippen molar-refractivity contribution in [1.82, 2.24) is 9.62 Å². The molecule has 1 saturated heterocycles. The molecule has 2 aromatic carbocycles. The molecule has 180 valence electrons. The number of hydrogen-bond donors (Lipinski definition) is 1. The third kappa shape index (κ3) is 6.85. The molecule has 0 spiro atoms. The predicted molar refractivity (Wildman–Crippen MR) is 132 cm³/mol. The average molecular weight is 513 g/mol. The van der Waals surface area contributed by atoms with Gasteiger partial charge < -0.3 is 10.1 Å². The summed E-state index contributed by atoms with van der Waals surface area (Å²) >= 11 is 12.3. The Morgan fingerprint density at radius 3 is 2.55 bits per heavy atom. The molecule has 1 fully saturated rings. The molecule has 1 amide bonds. The number of rotatable bonds is 9. The van der Waals surface area contributed by atoms with Crippen LogP contribution in [0.3, 0.4) is 0 Å². The zero-order valence-corrected chi connectivity index (χ0v) is 21.2. The average Bonchev–Trinajstić information content (AvgIpc) is 2.79. The lowest BCUT2D eigenvalue weighted by molar-refractivity contribution is -0.126. The van der Waals surface area contributed by atoms with E-state index in [2.05, 4.69) is 19.2 Å². The fourth-order valence-corrected chi connectivity index (χ4v) is 6.28. The standard InChI is InChI=1S/C24H30Cl2N2O4S/c1-17(2)19-8-3-4-11-23(19)32-14-12-27-24(29)18-7-6-13-28(15-18)33(30,31)16-20-21(25)9-5-10-22(20)26/h3-5,8-11,17-18H,6-7,12-16H2,1-2H3,(H,27,29).